The quantitative estimate of drug-likeness (QED) is 0.0982. The van der Waals surface area contributed by atoms with Crippen LogP contribution in [0.15, 0.2) is 42.5 Å². The first-order valence-corrected chi connectivity index (χ1v) is 12.6. The monoisotopic (exact) mass is 534 g/mol. The summed E-state index contributed by atoms with van der Waals surface area (Å²) in [5, 5.41) is 13.5. The Morgan fingerprint density at radius 2 is 1.70 bits per heavy atom. The molecular weight excluding hydrogens is 515 g/mol. The molecule has 0 saturated heterocycles. The van der Waals surface area contributed by atoms with Crippen molar-refractivity contribution in [2.45, 2.75) is 6.42 Å². The van der Waals surface area contributed by atoms with Gasteiger partial charge in [0.25, 0.3) is 11.0 Å². The van der Waals surface area contributed by atoms with Crippen LogP contribution in [0.2, 0.25) is 10.0 Å². The molecule has 14 heteroatoms. The van der Waals surface area contributed by atoms with Gasteiger partial charge in [-0.2, -0.15) is 5.01 Å². The Kier molecular flexibility index (Phi) is 11.4. The predicted octanol–water partition coefficient (Wildman–Crippen LogP) is 4.71. The minimum absolute atomic E-state index is 0.0106. The number of ether oxygens (including phenoxy) is 1. The van der Waals surface area contributed by atoms with Crippen LogP contribution in [0.1, 0.15) is 5.56 Å². The number of hydrogen-bond acceptors (Lipinski definition) is 10. The maximum atomic E-state index is 12.5. The topological polar surface area (TPSA) is 137 Å². The number of rotatable bonds is 12. The highest BCUT2D eigenvalue weighted by Gasteiger charge is 2.21. The molecule has 2 rings (SSSR count). The van der Waals surface area contributed by atoms with Crippen LogP contribution in [0.25, 0.3) is 0 Å². The molecule has 178 valence electrons. The molecule has 0 saturated carbocycles. The Labute approximate surface area is 207 Å². The van der Waals surface area contributed by atoms with Crippen molar-refractivity contribution in [3.05, 3.63) is 68.2 Å². The first-order valence-electron chi connectivity index (χ1n) is 9.34. The summed E-state index contributed by atoms with van der Waals surface area (Å²) in [7, 11) is 2.66. The number of nitrogens with two attached hydrogens (primary N) is 1. The molecule has 0 aliphatic carbocycles. The van der Waals surface area contributed by atoms with Crippen LogP contribution in [0.3, 0.4) is 0 Å². The summed E-state index contributed by atoms with van der Waals surface area (Å²) in [4.78, 5) is 38.7. The second-order valence-electron chi connectivity index (χ2n) is 6.13. The van der Waals surface area contributed by atoms with Gasteiger partial charge in [0.2, 0.25) is 0 Å². The second-order valence-corrected chi connectivity index (χ2v) is 9.65. The van der Waals surface area contributed by atoms with Crippen molar-refractivity contribution in [3.8, 4) is 0 Å². The van der Waals surface area contributed by atoms with Crippen molar-refractivity contribution in [1.82, 2.24) is 5.01 Å². The first kappa shape index (κ1) is 26.9. The highest BCUT2D eigenvalue weighted by Crippen LogP contribution is 2.33. The zero-order chi connectivity index (χ0) is 24.2. The second kappa shape index (κ2) is 14.0. The van der Waals surface area contributed by atoms with Gasteiger partial charge in [0.05, 0.1) is 22.2 Å². The molecular formula is C19H20Cl2N4O6S2. The van der Waals surface area contributed by atoms with Gasteiger partial charge >= 0.3 is 6.09 Å². The summed E-state index contributed by atoms with van der Waals surface area (Å²) >= 11 is 12.4. The molecule has 3 N–H and O–H groups in total. The third kappa shape index (κ3) is 9.18. The van der Waals surface area contributed by atoms with Gasteiger partial charge in [-0.1, -0.05) is 69.1 Å². The molecule has 0 bridgehead atoms. The van der Waals surface area contributed by atoms with Crippen LogP contribution >= 0.6 is 44.8 Å². The van der Waals surface area contributed by atoms with Crippen LogP contribution in [-0.2, 0) is 20.8 Å². The van der Waals surface area contributed by atoms with E-state index in [1.54, 1.807) is 42.5 Å². The van der Waals surface area contributed by atoms with E-state index in [0.29, 0.717) is 43.5 Å². The van der Waals surface area contributed by atoms with Crippen molar-refractivity contribution in [2.24, 2.45) is 5.84 Å². The minimum Gasteiger partial charge on any atom is -0.447 e. The van der Waals surface area contributed by atoms with E-state index in [2.05, 4.69) is 10.2 Å². The van der Waals surface area contributed by atoms with E-state index in [4.69, 9.17) is 33.8 Å². The summed E-state index contributed by atoms with van der Waals surface area (Å²) in [5.74, 6) is 5.76. The number of carbonyl (C=O) groups is 2. The molecule has 0 atom stereocenters. The molecule has 0 radical (unpaired) electrons. The number of anilines is 2. The number of halogens is 2. The van der Waals surface area contributed by atoms with Crippen molar-refractivity contribution < 1.29 is 24.3 Å². The number of hydrazine groups is 1. The van der Waals surface area contributed by atoms with Crippen molar-refractivity contribution in [3.63, 3.8) is 0 Å². The number of carbonyl (C=O) groups excluding carboxylic acids is 2. The van der Waals surface area contributed by atoms with Gasteiger partial charge in [-0.05, 0) is 23.8 Å². The van der Waals surface area contributed by atoms with Crippen LogP contribution < -0.4 is 11.2 Å². The number of nitrogens with zero attached hydrogens (tertiary/aromatic N) is 2. The van der Waals surface area contributed by atoms with E-state index in [-0.39, 0.29) is 19.6 Å². The molecule has 0 spiro atoms. The lowest BCUT2D eigenvalue weighted by Crippen LogP contribution is -2.44. The summed E-state index contributed by atoms with van der Waals surface area (Å²) in [6.07, 6.45) is -1.15. The highest BCUT2D eigenvalue weighted by molar-refractivity contribution is 8.76. The predicted molar refractivity (Wildman–Crippen MR) is 130 cm³/mol. The molecule has 0 aliphatic heterocycles. The molecule has 2 aromatic rings. The molecule has 10 nitrogen and oxygen atoms in total. The SMILES string of the molecule is NN(C(=O)Cc1ccccc1Nc1c(Cl)cccc1Cl)C(=O)OCCSSCCO[N+](=O)[O-]. The van der Waals surface area contributed by atoms with Gasteiger partial charge in [0, 0.05) is 17.2 Å². The van der Waals surface area contributed by atoms with E-state index >= 15 is 0 Å². The molecule has 0 unspecified atom stereocenters. The van der Waals surface area contributed by atoms with Crippen molar-refractivity contribution in [2.75, 3.05) is 30.0 Å². The third-order valence-electron chi connectivity index (χ3n) is 3.89. The lowest BCUT2D eigenvalue weighted by Gasteiger charge is -2.17. The molecule has 2 amide bonds. The lowest BCUT2D eigenvalue weighted by molar-refractivity contribution is -0.756. The van der Waals surface area contributed by atoms with Gasteiger partial charge in [0.1, 0.15) is 13.2 Å². The Bertz CT molecular complexity index is 965. The third-order valence-corrected chi connectivity index (χ3v) is 6.85. The maximum absolute atomic E-state index is 12.5. The summed E-state index contributed by atoms with van der Waals surface area (Å²) < 4.78 is 4.98. The summed E-state index contributed by atoms with van der Waals surface area (Å²) in [6, 6.07) is 12.0. The van der Waals surface area contributed by atoms with Crippen LogP contribution in [0.4, 0.5) is 16.2 Å². The van der Waals surface area contributed by atoms with Crippen LogP contribution in [0, 0.1) is 10.1 Å². The smallest absolute Gasteiger partial charge is 0.431 e. The standard InChI is InChI=1S/C19H20Cl2N4O6S2/c20-14-5-3-6-15(21)18(14)23-16-7-2-1-4-13(16)12-17(26)24(22)19(27)30-8-10-32-33-11-9-31-25(28)29/h1-7,23H,8-12,22H2. The highest BCUT2D eigenvalue weighted by atomic mass is 35.5. The zero-order valence-corrected chi connectivity index (χ0v) is 20.2. The normalized spacial score (nSPS) is 10.4. The molecule has 0 aromatic heterocycles. The van der Waals surface area contributed by atoms with E-state index in [1.807, 2.05) is 0 Å². The fourth-order valence-electron chi connectivity index (χ4n) is 2.39. The fourth-order valence-corrected chi connectivity index (χ4v) is 4.53. The van der Waals surface area contributed by atoms with Crippen LogP contribution in [-0.4, -0.2) is 46.8 Å². The van der Waals surface area contributed by atoms with E-state index in [1.165, 1.54) is 21.6 Å². The Balaban J connectivity index is 1.83. The van der Waals surface area contributed by atoms with Gasteiger partial charge in [-0.15, -0.1) is 10.1 Å². The number of imide groups is 1. The van der Waals surface area contributed by atoms with Gasteiger partial charge in [0.15, 0.2) is 0 Å². The molecule has 0 heterocycles. The van der Waals surface area contributed by atoms with Crippen molar-refractivity contribution >= 4 is 68.2 Å². The Hall–Kier alpha value is -2.38. The number of benzene rings is 2. The first-order chi connectivity index (χ1) is 15.8. The minimum atomic E-state index is -0.984. The van der Waals surface area contributed by atoms with Crippen molar-refractivity contribution in [1.29, 1.82) is 0 Å². The number of para-hydroxylation sites is 2. The Morgan fingerprint density at radius 1 is 1.06 bits per heavy atom. The average molecular weight is 535 g/mol. The number of amides is 2. The number of nitrogens with one attached hydrogen (secondary N) is 1. The van der Waals surface area contributed by atoms with E-state index in [9.17, 15) is 19.7 Å². The van der Waals surface area contributed by atoms with Gasteiger partial charge in [-0.3, -0.25) is 4.79 Å². The summed E-state index contributed by atoms with van der Waals surface area (Å²) in [6.45, 7) is -0.0226. The van der Waals surface area contributed by atoms with Gasteiger partial charge < -0.3 is 14.9 Å². The number of hydrogen-bond donors (Lipinski definition) is 2. The average Bonchev–Trinajstić information content (AvgIpc) is 2.78. The van der Waals surface area contributed by atoms with Gasteiger partial charge in [-0.25, -0.2) is 10.6 Å². The largest absolute Gasteiger partial charge is 0.447 e. The zero-order valence-electron chi connectivity index (χ0n) is 17.1. The maximum Gasteiger partial charge on any atom is 0.431 e. The van der Waals surface area contributed by atoms with Crippen LogP contribution in [0.5, 0.6) is 0 Å². The molecule has 0 aliphatic rings. The van der Waals surface area contributed by atoms with E-state index in [0.717, 1.165) is 0 Å². The summed E-state index contributed by atoms with van der Waals surface area (Å²) in [5.41, 5.74) is 1.65. The fraction of sp³-hybridized carbons (Fsp3) is 0.263. The lowest BCUT2D eigenvalue weighted by atomic mass is 10.1. The Morgan fingerprint density at radius 3 is 2.36 bits per heavy atom. The van der Waals surface area contributed by atoms with E-state index < -0.39 is 17.1 Å². The molecule has 33 heavy (non-hydrogen) atoms. The molecule has 2 aromatic carbocycles. The molecule has 0 fully saturated rings.